The first-order valence-electron chi connectivity index (χ1n) is 6.50. The minimum Gasteiger partial charge on any atom is -0.384 e. The van der Waals surface area contributed by atoms with Crippen LogP contribution in [0.4, 0.5) is 5.82 Å². The van der Waals surface area contributed by atoms with Crippen molar-refractivity contribution in [1.29, 1.82) is 0 Å². The third-order valence-corrected chi connectivity index (χ3v) is 5.31. The Hall–Kier alpha value is -1.22. The maximum atomic E-state index is 12.0. The second-order valence-corrected chi connectivity index (χ2v) is 7.20. The van der Waals surface area contributed by atoms with Gasteiger partial charge in [-0.1, -0.05) is 6.07 Å². The van der Waals surface area contributed by atoms with Crippen molar-refractivity contribution in [2.24, 2.45) is 0 Å². The van der Waals surface area contributed by atoms with Crippen LogP contribution in [0.15, 0.2) is 18.3 Å². The Morgan fingerprint density at radius 3 is 2.40 bits per heavy atom. The smallest absolute Gasteiger partial charge is 0.281 e. The van der Waals surface area contributed by atoms with E-state index in [1.807, 2.05) is 6.07 Å². The Labute approximate surface area is 120 Å². The molecule has 0 amide bonds. The molecular formula is C12H21N5O2S. The van der Waals surface area contributed by atoms with Crippen LogP contribution in [0.25, 0.3) is 0 Å². The summed E-state index contributed by atoms with van der Waals surface area (Å²) in [4.78, 5) is 6.28. The summed E-state index contributed by atoms with van der Waals surface area (Å²) in [6, 6.07) is 3.73. The quantitative estimate of drug-likeness (QED) is 0.817. The van der Waals surface area contributed by atoms with Gasteiger partial charge in [-0.15, -0.1) is 0 Å². The Morgan fingerprint density at radius 1 is 1.25 bits per heavy atom. The molecule has 112 valence electrons. The number of pyridine rings is 1. The molecule has 7 nitrogen and oxygen atoms in total. The van der Waals surface area contributed by atoms with Gasteiger partial charge in [0.15, 0.2) is 0 Å². The van der Waals surface area contributed by atoms with E-state index in [0.717, 1.165) is 25.2 Å². The van der Waals surface area contributed by atoms with Crippen molar-refractivity contribution in [2.75, 3.05) is 46.0 Å². The summed E-state index contributed by atoms with van der Waals surface area (Å²) in [7, 11) is -0.176. The number of hydrogen-bond acceptors (Lipinski definition) is 5. The maximum Gasteiger partial charge on any atom is 0.281 e. The molecular weight excluding hydrogens is 278 g/mol. The van der Waals surface area contributed by atoms with Crippen LogP contribution in [0.2, 0.25) is 0 Å². The molecule has 1 aromatic rings. The molecule has 20 heavy (non-hydrogen) atoms. The molecule has 1 aliphatic rings. The first-order chi connectivity index (χ1) is 9.39. The Balaban J connectivity index is 1.90. The van der Waals surface area contributed by atoms with Crippen LogP contribution in [0.3, 0.4) is 0 Å². The van der Waals surface area contributed by atoms with Crippen LogP contribution < -0.4 is 5.73 Å². The lowest BCUT2D eigenvalue weighted by atomic mass is 10.2. The highest BCUT2D eigenvalue weighted by molar-refractivity contribution is 7.86. The number of aromatic nitrogens is 1. The number of piperazine rings is 1. The maximum absolute atomic E-state index is 12.0. The van der Waals surface area contributed by atoms with Gasteiger partial charge in [0.05, 0.1) is 0 Å². The monoisotopic (exact) mass is 299 g/mol. The van der Waals surface area contributed by atoms with Gasteiger partial charge in [0, 0.05) is 53.0 Å². The molecule has 0 radical (unpaired) electrons. The second kappa shape index (κ2) is 6.04. The van der Waals surface area contributed by atoms with E-state index in [9.17, 15) is 8.42 Å². The molecule has 0 spiro atoms. The van der Waals surface area contributed by atoms with Gasteiger partial charge in [-0.3, -0.25) is 4.90 Å². The van der Waals surface area contributed by atoms with E-state index in [2.05, 4.69) is 9.88 Å². The fourth-order valence-corrected chi connectivity index (χ4v) is 3.22. The number of hydrogen-bond donors (Lipinski definition) is 1. The number of anilines is 1. The molecule has 0 aliphatic carbocycles. The van der Waals surface area contributed by atoms with E-state index in [1.54, 1.807) is 26.4 Å². The summed E-state index contributed by atoms with van der Waals surface area (Å²) < 4.78 is 26.8. The van der Waals surface area contributed by atoms with Gasteiger partial charge in [-0.05, 0) is 11.6 Å². The first kappa shape index (κ1) is 15.2. The zero-order chi connectivity index (χ0) is 14.8. The molecule has 1 saturated heterocycles. The van der Waals surface area contributed by atoms with E-state index in [0.29, 0.717) is 18.9 Å². The normalized spacial score (nSPS) is 18.6. The zero-order valence-corrected chi connectivity index (χ0v) is 12.7. The van der Waals surface area contributed by atoms with Crippen LogP contribution in [0.5, 0.6) is 0 Å². The van der Waals surface area contributed by atoms with Crippen molar-refractivity contribution in [2.45, 2.75) is 6.54 Å². The summed E-state index contributed by atoms with van der Waals surface area (Å²) in [6.07, 6.45) is 1.76. The minimum absolute atomic E-state index is 0.510. The number of nitrogens with zero attached hydrogens (tertiary/aromatic N) is 4. The van der Waals surface area contributed by atoms with Gasteiger partial charge in [-0.25, -0.2) is 4.98 Å². The van der Waals surface area contributed by atoms with Crippen LogP contribution in [-0.2, 0) is 16.8 Å². The lowest BCUT2D eigenvalue weighted by molar-refractivity contribution is 0.177. The molecule has 2 N–H and O–H groups in total. The summed E-state index contributed by atoms with van der Waals surface area (Å²) in [5.41, 5.74) is 6.64. The van der Waals surface area contributed by atoms with Crippen molar-refractivity contribution < 1.29 is 8.42 Å². The van der Waals surface area contributed by atoms with Crippen molar-refractivity contribution >= 4 is 16.0 Å². The molecule has 0 bridgehead atoms. The van der Waals surface area contributed by atoms with Crippen LogP contribution in [-0.4, -0.2) is 67.2 Å². The Morgan fingerprint density at radius 2 is 1.90 bits per heavy atom. The number of rotatable bonds is 4. The third-order valence-electron chi connectivity index (χ3n) is 3.37. The summed E-state index contributed by atoms with van der Waals surface area (Å²) >= 11 is 0. The van der Waals surface area contributed by atoms with Gasteiger partial charge >= 0.3 is 0 Å². The average molecular weight is 299 g/mol. The third kappa shape index (κ3) is 3.45. The predicted molar refractivity (Wildman–Crippen MR) is 78.1 cm³/mol. The standard InChI is InChI=1S/C12H21N5O2S/c1-15(2)20(18,19)17-7-5-16(6-8-17)10-11-3-4-12(13)14-9-11/h3-4,9H,5-8,10H2,1-2H3,(H2,13,14). The van der Waals surface area contributed by atoms with Crippen molar-refractivity contribution in [3.05, 3.63) is 23.9 Å². The van der Waals surface area contributed by atoms with E-state index in [4.69, 9.17) is 5.73 Å². The highest BCUT2D eigenvalue weighted by Gasteiger charge is 2.28. The SMILES string of the molecule is CN(C)S(=O)(=O)N1CCN(Cc2ccc(N)nc2)CC1. The minimum atomic E-state index is -3.29. The number of nitrogens with two attached hydrogens (primary N) is 1. The molecule has 0 aromatic carbocycles. The highest BCUT2D eigenvalue weighted by Crippen LogP contribution is 2.12. The predicted octanol–water partition coefficient (Wildman–Crippen LogP) is -0.412. The summed E-state index contributed by atoms with van der Waals surface area (Å²) in [6.45, 7) is 3.24. The van der Waals surface area contributed by atoms with Crippen LogP contribution >= 0.6 is 0 Å². The van der Waals surface area contributed by atoms with Crippen molar-refractivity contribution in [3.63, 3.8) is 0 Å². The van der Waals surface area contributed by atoms with E-state index in [-0.39, 0.29) is 0 Å². The Kier molecular flexibility index (Phi) is 4.59. The molecule has 1 aliphatic heterocycles. The van der Waals surface area contributed by atoms with Gasteiger partial charge in [0.2, 0.25) is 0 Å². The van der Waals surface area contributed by atoms with E-state index < -0.39 is 10.2 Å². The lowest BCUT2D eigenvalue weighted by Gasteiger charge is -2.35. The highest BCUT2D eigenvalue weighted by atomic mass is 32.2. The van der Waals surface area contributed by atoms with E-state index in [1.165, 1.54) is 8.61 Å². The molecule has 1 aromatic heterocycles. The van der Waals surface area contributed by atoms with Gasteiger partial charge < -0.3 is 5.73 Å². The molecule has 0 unspecified atom stereocenters. The van der Waals surface area contributed by atoms with Crippen molar-refractivity contribution in [3.8, 4) is 0 Å². The fraction of sp³-hybridized carbons (Fsp3) is 0.583. The Bertz CT molecular complexity index is 535. The molecule has 8 heteroatoms. The summed E-state index contributed by atoms with van der Waals surface area (Å²) in [5, 5.41) is 0. The molecule has 0 atom stereocenters. The first-order valence-corrected chi connectivity index (χ1v) is 7.89. The number of nitrogen functional groups attached to an aromatic ring is 1. The molecule has 1 fully saturated rings. The molecule has 2 rings (SSSR count). The van der Waals surface area contributed by atoms with Crippen LogP contribution in [0.1, 0.15) is 5.56 Å². The zero-order valence-electron chi connectivity index (χ0n) is 11.9. The molecule has 0 saturated carbocycles. The lowest BCUT2D eigenvalue weighted by Crippen LogP contribution is -2.51. The van der Waals surface area contributed by atoms with Gasteiger partial charge in [0.25, 0.3) is 10.2 Å². The second-order valence-electron chi connectivity index (χ2n) is 5.06. The van der Waals surface area contributed by atoms with E-state index >= 15 is 0 Å². The largest absolute Gasteiger partial charge is 0.384 e. The average Bonchev–Trinajstić information content (AvgIpc) is 2.42. The summed E-state index contributed by atoms with van der Waals surface area (Å²) in [5.74, 6) is 0.510. The fourth-order valence-electron chi connectivity index (χ4n) is 2.14. The van der Waals surface area contributed by atoms with Gasteiger partial charge in [-0.2, -0.15) is 17.0 Å². The topological polar surface area (TPSA) is 82.8 Å². The van der Waals surface area contributed by atoms with Crippen LogP contribution in [0, 0.1) is 0 Å². The van der Waals surface area contributed by atoms with Gasteiger partial charge in [0.1, 0.15) is 5.82 Å². The molecule has 2 heterocycles. The van der Waals surface area contributed by atoms with Crippen molar-refractivity contribution in [1.82, 2.24) is 18.5 Å².